The molecule has 0 heterocycles. The van der Waals surface area contributed by atoms with Gasteiger partial charge in [-0.2, -0.15) is 0 Å². The summed E-state index contributed by atoms with van der Waals surface area (Å²) >= 11 is 0. The van der Waals surface area contributed by atoms with Gasteiger partial charge in [-0.1, -0.05) is 11.8 Å². The van der Waals surface area contributed by atoms with Crippen LogP contribution in [0.3, 0.4) is 0 Å². The van der Waals surface area contributed by atoms with Gasteiger partial charge in [0.1, 0.15) is 6.10 Å². The molecule has 0 aliphatic heterocycles. The first-order chi connectivity index (χ1) is 5.04. The first-order valence-corrected chi connectivity index (χ1v) is 3.53. The van der Waals surface area contributed by atoms with Gasteiger partial charge >= 0.3 is 0 Å². The number of nitrogens with zero attached hydrogens (tertiary/aromatic N) is 1. The zero-order chi connectivity index (χ0) is 8.85. The van der Waals surface area contributed by atoms with Crippen molar-refractivity contribution >= 4 is 0 Å². The van der Waals surface area contributed by atoms with Gasteiger partial charge in [0.25, 0.3) is 0 Å². The van der Waals surface area contributed by atoms with Crippen molar-refractivity contribution in [1.82, 2.24) is 4.90 Å². The van der Waals surface area contributed by atoms with Crippen LogP contribution in [0.25, 0.3) is 0 Å². The fourth-order valence-corrected chi connectivity index (χ4v) is 0.429. The molecule has 0 aromatic heterocycles. The molecule has 0 aromatic rings. The Morgan fingerprint density at radius 2 is 1.91 bits per heavy atom. The van der Waals surface area contributed by atoms with Crippen LogP contribution in [-0.4, -0.2) is 48.0 Å². The highest BCUT2D eigenvalue weighted by Gasteiger charge is 2.04. The maximum Gasteiger partial charge on any atom is 0.140 e. The molecule has 64 valence electrons. The summed E-state index contributed by atoms with van der Waals surface area (Å²) in [6.45, 7) is 2.11. The third kappa shape index (κ3) is 5.86. The number of aliphatic hydroxyl groups is 2. The molecule has 0 amide bonds. The summed E-state index contributed by atoms with van der Waals surface area (Å²) in [4.78, 5) is 1.89. The minimum absolute atomic E-state index is 0.601. The van der Waals surface area contributed by atoms with Gasteiger partial charge in [0.15, 0.2) is 0 Å². The van der Waals surface area contributed by atoms with Gasteiger partial charge in [0, 0.05) is 0 Å². The number of rotatable bonds is 2. The van der Waals surface area contributed by atoms with Crippen molar-refractivity contribution in [3.8, 4) is 11.8 Å². The third-order valence-corrected chi connectivity index (χ3v) is 1.10. The van der Waals surface area contributed by atoms with Gasteiger partial charge in [-0.05, 0) is 21.0 Å². The Hall–Kier alpha value is -0.560. The number of hydrogen-bond donors (Lipinski definition) is 2. The summed E-state index contributed by atoms with van der Waals surface area (Å²) in [5.74, 6) is 5.26. The zero-order valence-electron chi connectivity index (χ0n) is 7.20. The molecule has 0 radical (unpaired) electrons. The molecule has 0 aromatic carbocycles. The average Bonchev–Trinajstić information content (AvgIpc) is 1.86. The predicted octanol–water partition coefficient (Wildman–Crippen LogP) is -0.707. The Bertz CT molecular complexity index is 155. The molecule has 3 heteroatoms. The molecular weight excluding hydrogens is 142 g/mol. The predicted molar refractivity (Wildman–Crippen MR) is 44.0 cm³/mol. The largest absolute Gasteiger partial charge is 0.390 e. The Morgan fingerprint density at radius 3 is 2.27 bits per heavy atom. The standard InChI is InChI=1S/C8H15NO2/c1-7(10)8(11)5-4-6-9(2)3/h7-8,10-11H,6H2,1-3H3/t7-,8-/m1/s1. The average molecular weight is 157 g/mol. The minimum atomic E-state index is -0.921. The number of hydrogen-bond acceptors (Lipinski definition) is 3. The highest BCUT2D eigenvalue weighted by molar-refractivity contribution is 5.07. The van der Waals surface area contributed by atoms with E-state index < -0.39 is 12.2 Å². The van der Waals surface area contributed by atoms with Gasteiger partial charge in [-0.25, -0.2) is 0 Å². The van der Waals surface area contributed by atoms with Crippen LogP contribution >= 0.6 is 0 Å². The summed E-state index contributed by atoms with van der Waals surface area (Å²) in [5.41, 5.74) is 0. The molecule has 0 fully saturated rings. The fraction of sp³-hybridized carbons (Fsp3) is 0.750. The van der Waals surface area contributed by atoms with E-state index in [0.29, 0.717) is 6.54 Å². The van der Waals surface area contributed by atoms with E-state index in [4.69, 9.17) is 10.2 Å². The summed E-state index contributed by atoms with van der Waals surface area (Å²) in [6, 6.07) is 0. The van der Waals surface area contributed by atoms with Crippen molar-refractivity contribution in [3.63, 3.8) is 0 Å². The highest BCUT2D eigenvalue weighted by atomic mass is 16.3. The molecule has 2 N–H and O–H groups in total. The smallest absolute Gasteiger partial charge is 0.140 e. The summed E-state index contributed by atoms with van der Waals surface area (Å²) in [7, 11) is 3.78. The molecule has 0 saturated carbocycles. The molecule has 0 aliphatic carbocycles. The Labute approximate surface area is 67.6 Å². The van der Waals surface area contributed by atoms with Crippen LogP contribution in [0, 0.1) is 11.8 Å². The van der Waals surface area contributed by atoms with Crippen LogP contribution in [0.15, 0.2) is 0 Å². The van der Waals surface area contributed by atoms with Gasteiger partial charge < -0.3 is 10.2 Å². The van der Waals surface area contributed by atoms with E-state index in [1.807, 2.05) is 19.0 Å². The Balaban J connectivity index is 3.69. The van der Waals surface area contributed by atoms with Crippen molar-refractivity contribution in [2.24, 2.45) is 0 Å². The van der Waals surface area contributed by atoms with Crippen molar-refractivity contribution in [1.29, 1.82) is 0 Å². The van der Waals surface area contributed by atoms with Crippen LogP contribution in [0.5, 0.6) is 0 Å². The lowest BCUT2D eigenvalue weighted by atomic mass is 10.2. The molecule has 2 atom stereocenters. The van der Waals surface area contributed by atoms with E-state index in [0.717, 1.165) is 0 Å². The lowest BCUT2D eigenvalue weighted by molar-refractivity contribution is 0.0677. The number of aliphatic hydroxyl groups excluding tert-OH is 2. The Morgan fingerprint density at radius 1 is 1.36 bits per heavy atom. The van der Waals surface area contributed by atoms with Crippen molar-refractivity contribution in [2.45, 2.75) is 19.1 Å². The topological polar surface area (TPSA) is 43.7 Å². The maximum absolute atomic E-state index is 9.00. The van der Waals surface area contributed by atoms with Crippen LogP contribution in [0.2, 0.25) is 0 Å². The highest BCUT2D eigenvalue weighted by Crippen LogP contribution is 1.87. The molecule has 0 unspecified atom stereocenters. The first kappa shape index (κ1) is 10.4. The van der Waals surface area contributed by atoms with Crippen LogP contribution in [0.4, 0.5) is 0 Å². The van der Waals surface area contributed by atoms with Crippen LogP contribution in [-0.2, 0) is 0 Å². The van der Waals surface area contributed by atoms with E-state index in [-0.39, 0.29) is 0 Å². The summed E-state index contributed by atoms with van der Waals surface area (Å²) in [6.07, 6.45) is -1.69. The minimum Gasteiger partial charge on any atom is -0.390 e. The third-order valence-electron chi connectivity index (χ3n) is 1.10. The van der Waals surface area contributed by atoms with Crippen LogP contribution < -0.4 is 0 Å². The van der Waals surface area contributed by atoms with Crippen molar-refractivity contribution < 1.29 is 10.2 Å². The monoisotopic (exact) mass is 157 g/mol. The lowest BCUT2D eigenvalue weighted by Gasteiger charge is -2.05. The zero-order valence-corrected chi connectivity index (χ0v) is 7.20. The van der Waals surface area contributed by atoms with E-state index in [9.17, 15) is 0 Å². The fourth-order valence-electron chi connectivity index (χ4n) is 0.429. The molecular formula is C8H15NO2. The maximum atomic E-state index is 9.00. The molecule has 0 rings (SSSR count). The van der Waals surface area contributed by atoms with Crippen molar-refractivity contribution in [3.05, 3.63) is 0 Å². The second kappa shape index (κ2) is 5.14. The molecule has 3 nitrogen and oxygen atoms in total. The van der Waals surface area contributed by atoms with Crippen LogP contribution in [0.1, 0.15) is 6.92 Å². The lowest BCUT2D eigenvalue weighted by Crippen LogP contribution is -2.20. The van der Waals surface area contributed by atoms with Gasteiger partial charge in [0.2, 0.25) is 0 Å². The second-order valence-corrected chi connectivity index (χ2v) is 2.74. The molecule has 0 spiro atoms. The van der Waals surface area contributed by atoms with Gasteiger partial charge in [-0.15, -0.1) is 0 Å². The van der Waals surface area contributed by atoms with E-state index >= 15 is 0 Å². The summed E-state index contributed by atoms with van der Waals surface area (Å²) in [5, 5.41) is 17.8. The normalized spacial score (nSPS) is 15.5. The molecule has 11 heavy (non-hydrogen) atoms. The summed E-state index contributed by atoms with van der Waals surface area (Å²) < 4.78 is 0. The van der Waals surface area contributed by atoms with E-state index in [2.05, 4.69) is 11.8 Å². The molecule has 0 bridgehead atoms. The molecule has 0 aliphatic rings. The quantitative estimate of drug-likeness (QED) is 0.521. The van der Waals surface area contributed by atoms with Gasteiger partial charge in [-0.3, -0.25) is 4.90 Å². The van der Waals surface area contributed by atoms with Gasteiger partial charge in [0.05, 0.1) is 12.6 Å². The van der Waals surface area contributed by atoms with E-state index in [1.165, 1.54) is 6.92 Å². The Kier molecular flexibility index (Phi) is 4.88. The molecule has 0 saturated heterocycles. The second-order valence-electron chi connectivity index (χ2n) is 2.74. The SMILES string of the molecule is C[C@@H](O)[C@H](O)C#CCN(C)C. The van der Waals surface area contributed by atoms with E-state index in [1.54, 1.807) is 0 Å². The first-order valence-electron chi connectivity index (χ1n) is 3.53. The van der Waals surface area contributed by atoms with Crippen molar-refractivity contribution in [2.75, 3.05) is 20.6 Å².